The summed E-state index contributed by atoms with van der Waals surface area (Å²) < 4.78 is 40.7. The van der Waals surface area contributed by atoms with Crippen LogP contribution in [-0.2, 0) is 11.3 Å². The third-order valence-corrected chi connectivity index (χ3v) is 2.30. The molecular formula is C8H8BBrF3KO. The predicted molar refractivity (Wildman–Crippen MR) is 52.9 cm³/mol. The van der Waals surface area contributed by atoms with E-state index in [9.17, 15) is 12.9 Å². The number of hydrogen-bond donors (Lipinski definition) is 0. The van der Waals surface area contributed by atoms with E-state index in [4.69, 9.17) is 0 Å². The zero-order valence-corrected chi connectivity index (χ0v) is 12.9. The maximum Gasteiger partial charge on any atom is 1.00 e. The Labute approximate surface area is 137 Å². The van der Waals surface area contributed by atoms with E-state index in [-0.39, 0.29) is 58.0 Å². The molecule has 1 aromatic carbocycles. The predicted octanol–water partition coefficient (Wildman–Crippen LogP) is 0.356. The molecule has 0 aliphatic rings. The Morgan fingerprint density at radius 2 is 1.80 bits per heavy atom. The van der Waals surface area contributed by atoms with Gasteiger partial charge in [0.15, 0.2) is 0 Å². The molecule has 7 heteroatoms. The maximum atomic E-state index is 11.8. The van der Waals surface area contributed by atoms with Crippen molar-refractivity contribution in [3.63, 3.8) is 0 Å². The fourth-order valence-corrected chi connectivity index (χ4v) is 1.32. The Kier molecular flexibility index (Phi) is 8.05. The molecular weight excluding hydrogens is 299 g/mol. The third-order valence-electron chi connectivity index (χ3n) is 1.52. The molecule has 1 rings (SSSR count). The normalized spacial score (nSPS) is 10.9. The maximum absolute atomic E-state index is 11.8. The van der Waals surface area contributed by atoms with E-state index < -0.39 is 13.5 Å². The first-order valence-electron chi connectivity index (χ1n) is 4.01. The molecule has 1 nitrogen and oxygen atoms in total. The molecule has 78 valence electrons. The van der Waals surface area contributed by atoms with E-state index in [0.717, 1.165) is 4.47 Å². The van der Waals surface area contributed by atoms with Crippen LogP contribution in [0.2, 0.25) is 0 Å². The molecule has 1 aromatic rings. The molecule has 0 saturated heterocycles. The van der Waals surface area contributed by atoms with Gasteiger partial charge in [-0.15, -0.1) is 0 Å². The van der Waals surface area contributed by atoms with Gasteiger partial charge in [0.05, 0.1) is 6.61 Å². The number of hydrogen-bond acceptors (Lipinski definition) is 1. The van der Waals surface area contributed by atoms with Crippen molar-refractivity contribution in [2.45, 2.75) is 6.61 Å². The molecule has 0 aromatic heterocycles. The van der Waals surface area contributed by atoms with Gasteiger partial charge in [-0.25, -0.2) is 0 Å². The van der Waals surface area contributed by atoms with Crippen molar-refractivity contribution in [3.05, 3.63) is 34.3 Å². The molecule has 0 aliphatic heterocycles. The van der Waals surface area contributed by atoms with Crippen LogP contribution in [0.4, 0.5) is 12.9 Å². The van der Waals surface area contributed by atoms with Gasteiger partial charge in [-0.2, -0.15) is 0 Å². The van der Waals surface area contributed by atoms with Crippen molar-refractivity contribution >= 4 is 22.9 Å². The summed E-state index contributed by atoms with van der Waals surface area (Å²) in [4.78, 5) is 0. The largest absolute Gasteiger partial charge is 1.00 e. The second-order valence-corrected chi connectivity index (χ2v) is 3.67. The van der Waals surface area contributed by atoms with Gasteiger partial charge in [0.25, 0.3) is 0 Å². The van der Waals surface area contributed by atoms with Gasteiger partial charge in [0, 0.05) is 11.0 Å². The molecule has 0 bridgehead atoms. The van der Waals surface area contributed by atoms with Gasteiger partial charge in [-0.05, 0) is 11.6 Å². The van der Waals surface area contributed by atoms with Crippen molar-refractivity contribution in [1.82, 2.24) is 0 Å². The van der Waals surface area contributed by atoms with Crippen molar-refractivity contribution in [3.8, 4) is 0 Å². The molecule has 0 radical (unpaired) electrons. The summed E-state index contributed by atoms with van der Waals surface area (Å²) in [6.07, 6.45) is 0. The molecule has 0 saturated carbocycles. The molecule has 0 N–H and O–H groups in total. The zero-order valence-electron chi connectivity index (χ0n) is 8.22. The van der Waals surface area contributed by atoms with Crippen LogP contribution in [0.15, 0.2) is 28.7 Å². The molecule has 0 amide bonds. The average Bonchev–Trinajstić information content (AvgIpc) is 2.06. The Morgan fingerprint density at radius 1 is 1.20 bits per heavy atom. The van der Waals surface area contributed by atoms with Gasteiger partial charge in [-0.1, -0.05) is 34.1 Å². The minimum atomic E-state index is -4.85. The third kappa shape index (κ3) is 7.14. The average molecular weight is 307 g/mol. The summed E-state index contributed by atoms with van der Waals surface area (Å²) in [5, 5.41) is 0. The monoisotopic (exact) mass is 306 g/mol. The fraction of sp³-hybridized carbons (Fsp3) is 0.250. The topological polar surface area (TPSA) is 9.23 Å². The first-order valence-corrected chi connectivity index (χ1v) is 4.80. The van der Waals surface area contributed by atoms with E-state index in [1.807, 2.05) is 0 Å². The van der Waals surface area contributed by atoms with Crippen LogP contribution in [0.5, 0.6) is 0 Å². The summed E-state index contributed by atoms with van der Waals surface area (Å²) in [5.74, 6) is 0. The quantitative estimate of drug-likeness (QED) is 0.730. The first-order chi connectivity index (χ1) is 6.49. The van der Waals surface area contributed by atoms with E-state index in [1.165, 1.54) is 0 Å². The number of rotatable bonds is 4. The summed E-state index contributed by atoms with van der Waals surface area (Å²) in [7, 11) is 0. The van der Waals surface area contributed by atoms with Gasteiger partial charge in [-0.3, -0.25) is 0 Å². The summed E-state index contributed by atoms with van der Waals surface area (Å²) in [6.45, 7) is -6.03. The van der Waals surface area contributed by atoms with E-state index in [2.05, 4.69) is 20.7 Å². The molecule has 0 fully saturated rings. The fourth-order valence-electron chi connectivity index (χ4n) is 0.918. The van der Waals surface area contributed by atoms with Crippen LogP contribution in [0.1, 0.15) is 5.56 Å². The Bertz CT molecular complexity index is 308. The van der Waals surface area contributed by atoms with Crippen LogP contribution in [0, 0.1) is 0 Å². The smallest absolute Gasteiger partial charge is 0.447 e. The van der Waals surface area contributed by atoms with Crippen LogP contribution in [0.3, 0.4) is 0 Å². The first kappa shape index (κ1) is 16.2. The Balaban J connectivity index is 0.00000196. The molecule has 0 unspecified atom stereocenters. The summed E-state index contributed by atoms with van der Waals surface area (Å²) >= 11 is 3.22. The van der Waals surface area contributed by atoms with Gasteiger partial charge >= 0.3 is 58.4 Å². The van der Waals surface area contributed by atoms with Crippen LogP contribution in [-0.4, -0.2) is 13.5 Å². The van der Waals surface area contributed by atoms with E-state index >= 15 is 0 Å². The van der Waals surface area contributed by atoms with Crippen molar-refractivity contribution in [2.75, 3.05) is 6.51 Å². The van der Waals surface area contributed by atoms with Crippen LogP contribution < -0.4 is 51.4 Å². The zero-order chi connectivity index (χ0) is 10.6. The molecule has 15 heavy (non-hydrogen) atoms. The number of ether oxygens (including phenoxy) is 1. The van der Waals surface area contributed by atoms with Crippen LogP contribution in [0.25, 0.3) is 0 Å². The standard InChI is InChI=1S/C8H8BBrF3O.K/c10-8-4-2-1-3-7(8)5-14-6-9(11,12)13;/h1-4H,5-6H2;/q-1;+1. The number of halogens is 4. The molecule has 0 aliphatic carbocycles. The van der Waals surface area contributed by atoms with Crippen LogP contribution >= 0.6 is 15.9 Å². The van der Waals surface area contributed by atoms with E-state index in [0.29, 0.717) is 5.56 Å². The van der Waals surface area contributed by atoms with Crippen molar-refractivity contribution in [1.29, 1.82) is 0 Å². The molecule has 0 spiro atoms. The Morgan fingerprint density at radius 3 is 2.33 bits per heavy atom. The molecule has 0 atom stereocenters. The van der Waals surface area contributed by atoms with Gasteiger partial charge in [0.2, 0.25) is 0 Å². The minimum absolute atomic E-state index is 0. The second kappa shape index (κ2) is 7.47. The van der Waals surface area contributed by atoms with E-state index in [1.54, 1.807) is 24.3 Å². The second-order valence-electron chi connectivity index (χ2n) is 2.82. The van der Waals surface area contributed by atoms with Crippen molar-refractivity contribution < 1.29 is 69.1 Å². The summed E-state index contributed by atoms with van der Waals surface area (Å²) in [5.41, 5.74) is 0.715. The Hall–Kier alpha value is 1.15. The summed E-state index contributed by atoms with van der Waals surface area (Å²) in [6, 6.07) is 7.02. The van der Waals surface area contributed by atoms with Crippen molar-refractivity contribution in [2.24, 2.45) is 0 Å². The van der Waals surface area contributed by atoms with Gasteiger partial charge in [0.1, 0.15) is 0 Å². The molecule has 0 heterocycles. The van der Waals surface area contributed by atoms with Gasteiger partial charge < -0.3 is 17.7 Å². The SMILES string of the molecule is F[B-](F)(F)COCc1ccccc1Br.[K+]. The number of benzene rings is 1. The minimum Gasteiger partial charge on any atom is -0.447 e.